The zero-order valence-corrected chi connectivity index (χ0v) is 22.6. The second kappa shape index (κ2) is 10.9. The van der Waals surface area contributed by atoms with Crippen molar-refractivity contribution in [1.82, 2.24) is 15.0 Å². The first-order valence-corrected chi connectivity index (χ1v) is 13.7. The summed E-state index contributed by atoms with van der Waals surface area (Å²) in [7, 11) is 0. The third-order valence-corrected chi connectivity index (χ3v) is 7.38. The summed E-state index contributed by atoms with van der Waals surface area (Å²) in [5.74, 6) is 1.90. The highest BCUT2D eigenvalue weighted by Gasteiger charge is 2.18. The van der Waals surface area contributed by atoms with E-state index < -0.39 is 0 Å². The quantitative estimate of drug-likeness (QED) is 0.206. The molecule has 0 saturated carbocycles. The number of rotatable bonds is 5. The van der Waals surface area contributed by atoms with Crippen molar-refractivity contribution in [2.45, 2.75) is 0 Å². The SMILES string of the molecule is [C-]#[N+]c1ccc(-c2ccc(-c3ccc4ccccc4c3-c3nc(-c4ccccc4)nc(-c4ccccc4)n3)cc2)cc1. The van der Waals surface area contributed by atoms with Crippen molar-refractivity contribution in [1.29, 1.82) is 0 Å². The Bertz CT molecular complexity index is 2000. The average Bonchev–Trinajstić information content (AvgIpc) is 3.08. The largest absolute Gasteiger partial charge is 0.238 e. The molecule has 7 rings (SSSR count). The van der Waals surface area contributed by atoms with Gasteiger partial charge in [0.1, 0.15) is 0 Å². The monoisotopic (exact) mass is 536 g/mol. The van der Waals surface area contributed by atoms with Gasteiger partial charge < -0.3 is 0 Å². The molecule has 6 aromatic carbocycles. The van der Waals surface area contributed by atoms with E-state index in [0.29, 0.717) is 23.2 Å². The first kappa shape index (κ1) is 25.1. The molecule has 0 fully saturated rings. The summed E-state index contributed by atoms with van der Waals surface area (Å²) < 4.78 is 0. The zero-order chi connectivity index (χ0) is 28.3. The maximum absolute atomic E-state index is 7.23. The summed E-state index contributed by atoms with van der Waals surface area (Å²) in [6, 6.07) is 49.0. The van der Waals surface area contributed by atoms with Gasteiger partial charge in [-0.2, -0.15) is 0 Å². The van der Waals surface area contributed by atoms with Crippen LogP contribution in [0.1, 0.15) is 0 Å². The summed E-state index contributed by atoms with van der Waals surface area (Å²) in [6.45, 7) is 7.23. The summed E-state index contributed by atoms with van der Waals surface area (Å²) in [5.41, 5.74) is 7.77. The predicted octanol–water partition coefficient (Wildman–Crippen LogP) is 9.91. The Labute approximate surface area is 244 Å². The first-order valence-electron chi connectivity index (χ1n) is 13.7. The Morgan fingerprint density at radius 2 is 0.905 bits per heavy atom. The van der Waals surface area contributed by atoms with Gasteiger partial charge in [-0.05, 0) is 33.0 Å². The van der Waals surface area contributed by atoms with E-state index in [4.69, 9.17) is 21.5 Å². The number of aromatic nitrogens is 3. The molecule has 0 aliphatic carbocycles. The molecule has 4 heteroatoms. The van der Waals surface area contributed by atoms with Gasteiger partial charge in [0.2, 0.25) is 0 Å². The van der Waals surface area contributed by atoms with Gasteiger partial charge in [0, 0.05) is 16.7 Å². The van der Waals surface area contributed by atoms with Crippen molar-refractivity contribution < 1.29 is 0 Å². The summed E-state index contributed by atoms with van der Waals surface area (Å²) in [6.07, 6.45) is 0. The molecule has 0 bridgehead atoms. The third kappa shape index (κ3) is 4.81. The standard InChI is InChI=1S/C38H24N4/c1-39-32-23-20-27(21-24-32)26-16-18-29(19-17-26)34-25-22-28-10-8-9-15-33(28)35(34)38-41-36(30-11-4-2-5-12-30)40-37(42-38)31-13-6-3-7-14-31/h2-25H. The van der Waals surface area contributed by atoms with Crippen LogP contribution in [0.25, 0.3) is 72.0 Å². The van der Waals surface area contributed by atoms with Gasteiger partial charge in [0.25, 0.3) is 0 Å². The molecule has 0 amide bonds. The molecule has 0 unspecified atom stereocenters. The molecule has 196 valence electrons. The van der Waals surface area contributed by atoms with Crippen LogP contribution in [0.5, 0.6) is 0 Å². The molecule has 0 spiro atoms. The van der Waals surface area contributed by atoms with Gasteiger partial charge in [0.05, 0.1) is 6.57 Å². The van der Waals surface area contributed by atoms with Crippen LogP contribution in [0.2, 0.25) is 0 Å². The second-order valence-electron chi connectivity index (χ2n) is 9.98. The van der Waals surface area contributed by atoms with Crippen LogP contribution in [-0.2, 0) is 0 Å². The lowest BCUT2D eigenvalue weighted by atomic mass is 9.92. The molecule has 1 heterocycles. The molecular formula is C38H24N4. The molecule has 0 atom stereocenters. The van der Waals surface area contributed by atoms with Gasteiger partial charge in [-0.15, -0.1) is 0 Å². The third-order valence-electron chi connectivity index (χ3n) is 7.38. The van der Waals surface area contributed by atoms with Crippen molar-refractivity contribution in [3.8, 4) is 56.4 Å². The van der Waals surface area contributed by atoms with Crippen molar-refractivity contribution >= 4 is 16.5 Å². The van der Waals surface area contributed by atoms with E-state index in [2.05, 4.69) is 65.5 Å². The van der Waals surface area contributed by atoms with Crippen LogP contribution < -0.4 is 0 Å². The van der Waals surface area contributed by atoms with Crippen LogP contribution in [0.15, 0.2) is 146 Å². The minimum Gasteiger partial charge on any atom is -0.238 e. The highest BCUT2D eigenvalue weighted by Crippen LogP contribution is 2.38. The van der Waals surface area contributed by atoms with Crippen molar-refractivity contribution in [3.05, 3.63) is 157 Å². The van der Waals surface area contributed by atoms with Gasteiger partial charge in [-0.3, -0.25) is 0 Å². The van der Waals surface area contributed by atoms with E-state index in [1.807, 2.05) is 84.9 Å². The number of fused-ring (bicyclic) bond motifs is 1. The zero-order valence-electron chi connectivity index (χ0n) is 22.6. The lowest BCUT2D eigenvalue weighted by molar-refractivity contribution is 1.08. The Morgan fingerprint density at radius 3 is 1.50 bits per heavy atom. The van der Waals surface area contributed by atoms with Gasteiger partial charge in [-0.1, -0.05) is 146 Å². The van der Waals surface area contributed by atoms with E-state index in [1.54, 1.807) is 0 Å². The lowest BCUT2D eigenvalue weighted by Gasteiger charge is -2.15. The first-order chi connectivity index (χ1) is 20.8. The smallest absolute Gasteiger partial charge is 0.187 e. The molecule has 4 nitrogen and oxygen atoms in total. The Balaban J connectivity index is 1.43. The Morgan fingerprint density at radius 1 is 0.405 bits per heavy atom. The molecule has 0 saturated heterocycles. The molecule has 1 aromatic heterocycles. The number of nitrogens with zero attached hydrogens (tertiary/aromatic N) is 4. The summed E-state index contributed by atoms with van der Waals surface area (Å²) in [4.78, 5) is 18.5. The van der Waals surface area contributed by atoms with Gasteiger partial charge in [0.15, 0.2) is 23.2 Å². The highest BCUT2D eigenvalue weighted by atomic mass is 15.0. The fourth-order valence-corrected chi connectivity index (χ4v) is 5.24. The van der Waals surface area contributed by atoms with Crippen molar-refractivity contribution in [2.75, 3.05) is 0 Å². The molecule has 7 aromatic rings. The van der Waals surface area contributed by atoms with E-state index in [1.165, 1.54) is 0 Å². The highest BCUT2D eigenvalue weighted by molar-refractivity contribution is 6.03. The lowest BCUT2D eigenvalue weighted by Crippen LogP contribution is -2.01. The fraction of sp³-hybridized carbons (Fsp3) is 0. The maximum atomic E-state index is 7.23. The second-order valence-corrected chi connectivity index (χ2v) is 9.98. The predicted molar refractivity (Wildman–Crippen MR) is 171 cm³/mol. The maximum Gasteiger partial charge on any atom is 0.187 e. The normalized spacial score (nSPS) is 10.8. The summed E-state index contributed by atoms with van der Waals surface area (Å²) >= 11 is 0. The number of hydrogen-bond donors (Lipinski definition) is 0. The molecule has 0 radical (unpaired) electrons. The van der Waals surface area contributed by atoms with E-state index in [-0.39, 0.29) is 0 Å². The topological polar surface area (TPSA) is 43.0 Å². The average molecular weight is 537 g/mol. The van der Waals surface area contributed by atoms with Crippen LogP contribution in [-0.4, -0.2) is 15.0 Å². The fourth-order valence-electron chi connectivity index (χ4n) is 5.24. The molecular weight excluding hydrogens is 512 g/mol. The number of benzene rings is 6. The Hall–Kier alpha value is -5.92. The molecule has 0 aliphatic rings. The molecule has 0 aliphatic heterocycles. The van der Waals surface area contributed by atoms with E-state index in [0.717, 1.165) is 49.7 Å². The van der Waals surface area contributed by atoms with Crippen LogP contribution in [0.4, 0.5) is 5.69 Å². The van der Waals surface area contributed by atoms with Gasteiger partial charge in [-0.25, -0.2) is 19.8 Å². The van der Waals surface area contributed by atoms with Crippen molar-refractivity contribution in [2.24, 2.45) is 0 Å². The number of hydrogen-bond acceptors (Lipinski definition) is 3. The van der Waals surface area contributed by atoms with E-state index >= 15 is 0 Å². The van der Waals surface area contributed by atoms with Crippen LogP contribution in [0, 0.1) is 6.57 Å². The Kier molecular flexibility index (Phi) is 6.52. The minimum absolute atomic E-state index is 0.633. The molecule has 42 heavy (non-hydrogen) atoms. The van der Waals surface area contributed by atoms with E-state index in [9.17, 15) is 0 Å². The molecule has 0 N–H and O–H groups in total. The van der Waals surface area contributed by atoms with Gasteiger partial charge >= 0.3 is 0 Å². The van der Waals surface area contributed by atoms with Crippen molar-refractivity contribution in [3.63, 3.8) is 0 Å². The summed E-state index contributed by atoms with van der Waals surface area (Å²) in [5, 5.41) is 2.20. The van der Waals surface area contributed by atoms with Crippen LogP contribution in [0.3, 0.4) is 0 Å². The minimum atomic E-state index is 0.633. The van der Waals surface area contributed by atoms with Crippen LogP contribution >= 0.6 is 0 Å².